The van der Waals surface area contributed by atoms with E-state index in [1.165, 1.54) is 22.7 Å². The molecule has 0 aliphatic carbocycles. The number of benzene rings is 1. The molecule has 2 amide bonds. The third-order valence-electron chi connectivity index (χ3n) is 3.32. The van der Waals surface area contributed by atoms with Crippen molar-refractivity contribution in [2.24, 2.45) is 0 Å². The predicted molar refractivity (Wildman–Crippen MR) is 122 cm³/mol. The van der Waals surface area contributed by atoms with Gasteiger partial charge in [0.25, 0.3) is 11.8 Å². The molecule has 3 rings (SSSR count). The van der Waals surface area contributed by atoms with E-state index in [-0.39, 0.29) is 22.0 Å². The largest absolute Gasteiger partial charge is 0.332 e. The van der Waals surface area contributed by atoms with Gasteiger partial charge in [-0.1, -0.05) is 18.2 Å². The zero-order valence-electron chi connectivity index (χ0n) is 14.2. The maximum atomic E-state index is 12.0. The first-order valence-electron chi connectivity index (χ1n) is 7.93. The molecule has 0 atom stereocenters. The first-order valence-corrected chi connectivity index (χ1v) is 10.5. The van der Waals surface area contributed by atoms with E-state index in [9.17, 15) is 9.59 Å². The molecule has 6 nitrogen and oxygen atoms in total. The highest BCUT2D eigenvalue weighted by atomic mass is 32.1. The van der Waals surface area contributed by atoms with E-state index in [2.05, 4.69) is 21.3 Å². The summed E-state index contributed by atoms with van der Waals surface area (Å²) in [6.45, 7) is 0. The third kappa shape index (κ3) is 5.67. The molecule has 2 heterocycles. The summed E-state index contributed by atoms with van der Waals surface area (Å²) < 4.78 is 0. The van der Waals surface area contributed by atoms with E-state index in [4.69, 9.17) is 24.4 Å². The van der Waals surface area contributed by atoms with Crippen LogP contribution in [0, 0.1) is 0 Å². The van der Waals surface area contributed by atoms with Crippen LogP contribution in [-0.4, -0.2) is 22.0 Å². The minimum Gasteiger partial charge on any atom is -0.332 e. The number of thiophene rings is 2. The highest BCUT2D eigenvalue weighted by Gasteiger charge is 2.10. The van der Waals surface area contributed by atoms with Crippen molar-refractivity contribution in [2.75, 3.05) is 10.6 Å². The molecule has 0 saturated carbocycles. The van der Waals surface area contributed by atoms with Crippen LogP contribution in [0.25, 0.3) is 0 Å². The Kier molecular flexibility index (Phi) is 6.82. The average Bonchev–Trinajstić information content (AvgIpc) is 3.36. The summed E-state index contributed by atoms with van der Waals surface area (Å²) in [5, 5.41) is 15.1. The van der Waals surface area contributed by atoms with Gasteiger partial charge in [0, 0.05) is 11.4 Å². The van der Waals surface area contributed by atoms with Crippen molar-refractivity contribution in [1.29, 1.82) is 0 Å². The number of rotatable bonds is 4. The van der Waals surface area contributed by atoms with Gasteiger partial charge in [-0.3, -0.25) is 20.2 Å². The summed E-state index contributed by atoms with van der Waals surface area (Å²) >= 11 is 13.0. The second kappa shape index (κ2) is 9.51. The van der Waals surface area contributed by atoms with E-state index >= 15 is 0 Å². The van der Waals surface area contributed by atoms with Crippen LogP contribution in [0.5, 0.6) is 0 Å². The molecule has 10 heteroatoms. The molecule has 0 radical (unpaired) electrons. The number of hydrogen-bond donors (Lipinski definition) is 4. The fourth-order valence-electron chi connectivity index (χ4n) is 2.14. The maximum Gasteiger partial charge on any atom is 0.267 e. The van der Waals surface area contributed by atoms with Crippen LogP contribution < -0.4 is 21.3 Å². The molecular weight excluding hydrogens is 432 g/mol. The van der Waals surface area contributed by atoms with E-state index in [0.29, 0.717) is 21.1 Å². The van der Waals surface area contributed by atoms with Crippen LogP contribution in [0.2, 0.25) is 0 Å². The minimum atomic E-state index is -0.265. The number of thiocarbonyl (C=S) groups is 2. The van der Waals surface area contributed by atoms with Gasteiger partial charge in [-0.05, 0) is 65.5 Å². The Hall–Kier alpha value is -2.66. The van der Waals surface area contributed by atoms with E-state index in [1.54, 1.807) is 48.5 Å². The molecule has 142 valence electrons. The minimum absolute atomic E-state index is 0.184. The van der Waals surface area contributed by atoms with Gasteiger partial charge >= 0.3 is 0 Å². The van der Waals surface area contributed by atoms with Gasteiger partial charge in [0.1, 0.15) is 0 Å². The second-order valence-corrected chi connectivity index (χ2v) is 8.06. The number of hydrogen-bond acceptors (Lipinski definition) is 6. The Morgan fingerprint density at radius 3 is 1.57 bits per heavy atom. The van der Waals surface area contributed by atoms with Gasteiger partial charge in [0.15, 0.2) is 10.2 Å². The highest BCUT2D eigenvalue weighted by Crippen LogP contribution is 2.16. The van der Waals surface area contributed by atoms with Crippen molar-refractivity contribution in [3.8, 4) is 0 Å². The summed E-state index contributed by atoms with van der Waals surface area (Å²) in [7, 11) is 0. The van der Waals surface area contributed by atoms with E-state index in [0.717, 1.165) is 0 Å². The third-order valence-corrected chi connectivity index (χ3v) is 5.47. The predicted octanol–water partition coefficient (Wildman–Crippen LogP) is 4.06. The second-order valence-electron chi connectivity index (χ2n) is 5.35. The van der Waals surface area contributed by atoms with E-state index in [1.807, 2.05) is 10.8 Å². The molecule has 0 saturated heterocycles. The van der Waals surface area contributed by atoms with Gasteiger partial charge < -0.3 is 10.6 Å². The number of carbonyl (C=O) groups excluding carboxylic acids is 2. The number of carbonyl (C=O) groups is 2. The standard InChI is InChI=1S/C18H14N4O2S4/c23-15(13-6-2-8-27-13)21-17(25)19-11-4-1-5-12(10-11)20-18(26)22-16(24)14-7-3-9-28-14/h1-10H,(H2,19,21,23,25)(H2,20,22,24,26). The monoisotopic (exact) mass is 446 g/mol. The highest BCUT2D eigenvalue weighted by molar-refractivity contribution is 7.80. The summed E-state index contributed by atoms with van der Waals surface area (Å²) in [5.74, 6) is -0.529. The van der Waals surface area contributed by atoms with Crippen LogP contribution in [0.15, 0.2) is 59.3 Å². The molecule has 0 spiro atoms. The van der Waals surface area contributed by atoms with Crippen molar-refractivity contribution in [2.45, 2.75) is 0 Å². The topological polar surface area (TPSA) is 82.3 Å². The van der Waals surface area contributed by atoms with Crippen molar-refractivity contribution in [3.05, 3.63) is 69.0 Å². The van der Waals surface area contributed by atoms with Gasteiger partial charge in [-0.15, -0.1) is 22.7 Å². The first kappa shape index (κ1) is 20.1. The molecule has 4 N–H and O–H groups in total. The fourth-order valence-corrected chi connectivity index (χ4v) is 3.80. The van der Waals surface area contributed by atoms with Crippen LogP contribution in [0.4, 0.5) is 11.4 Å². The van der Waals surface area contributed by atoms with Crippen LogP contribution >= 0.6 is 47.1 Å². The molecule has 0 unspecified atom stereocenters. The first-order chi connectivity index (χ1) is 13.5. The quantitative estimate of drug-likeness (QED) is 0.453. The normalized spacial score (nSPS) is 10.0. The number of nitrogens with one attached hydrogen (secondary N) is 4. The lowest BCUT2D eigenvalue weighted by molar-refractivity contribution is 0.0973. The lowest BCUT2D eigenvalue weighted by Crippen LogP contribution is -2.34. The fraction of sp³-hybridized carbons (Fsp3) is 0. The zero-order valence-corrected chi connectivity index (χ0v) is 17.5. The smallest absolute Gasteiger partial charge is 0.267 e. The molecule has 0 aliphatic heterocycles. The van der Waals surface area contributed by atoms with Crippen molar-refractivity contribution >= 4 is 80.5 Å². The van der Waals surface area contributed by atoms with Crippen molar-refractivity contribution in [1.82, 2.24) is 10.6 Å². The number of anilines is 2. The van der Waals surface area contributed by atoms with Crippen LogP contribution in [0.3, 0.4) is 0 Å². The molecule has 0 fully saturated rings. The Morgan fingerprint density at radius 1 is 0.714 bits per heavy atom. The molecule has 0 bridgehead atoms. The Bertz CT molecular complexity index is 923. The van der Waals surface area contributed by atoms with Gasteiger partial charge in [0.05, 0.1) is 9.75 Å². The van der Waals surface area contributed by atoms with Gasteiger partial charge in [0.2, 0.25) is 0 Å². The molecular formula is C18H14N4O2S4. The molecule has 1 aromatic carbocycles. The van der Waals surface area contributed by atoms with Crippen LogP contribution in [0.1, 0.15) is 19.3 Å². The summed E-state index contributed by atoms with van der Waals surface area (Å²) in [6.07, 6.45) is 0. The van der Waals surface area contributed by atoms with Crippen LogP contribution in [-0.2, 0) is 0 Å². The lowest BCUT2D eigenvalue weighted by Gasteiger charge is -2.12. The van der Waals surface area contributed by atoms with Gasteiger partial charge in [-0.2, -0.15) is 0 Å². The summed E-state index contributed by atoms with van der Waals surface area (Å²) in [6, 6.07) is 14.2. The Labute approximate surface area is 180 Å². The maximum absolute atomic E-state index is 12.0. The number of amides is 2. The SMILES string of the molecule is O=C(NC(=S)Nc1cccc(NC(=S)NC(=O)c2cccs2)c1)c1cccs1. The molecule has 28 heavy (non-hydrogen) atoms. The average molecular weight is 447 g/mol. The van der Waals surface area contributed by atoms with E-state index < -0.39 is 0 Å². The van der Waals surface area contributed by atoms with Crippen molar-refractivity contribution < 1.29 is 9.59 Å². The molecule has 0 aliphatic rings. The van der Waals surface area contributed by atoms with Gasteiger partial charge in [-0.25, -0.2) is 0 Å². The van der Waals surface area contributed by atoms with Crippen molar-refractivity contribution in [3.63, 3.8) is 0 Å². The molecule has 2 aromatic heterocycles. The molecule has 3 aromatic rings. The lowest BCUT2D eigenvalue weighted by atomic mass is 10.3. The Morgan fingerprint density at radius 2 is 1.18 bits per heavy atom. The summed E-state index contributed by atoms with van der Waals surface area (Å²) in [4.78, 5) is 25.2. The zero-order chi connectivity index (χ0) is 19.9. The summed E-state index contributed by atoms with van der Waals surface area (Å²) in [5.41, 5.74) is 1.32. The Balaban J connectivity index is 1.54.